The molecule has 0 N–H and O–H groups in total. The summed E-state index contributed by atoms with van der Waals surface area (Å²) in [6.07, 6.45) is -4.43. The van der Waals surface area contributed by atoms with Crippen molar-refractivity contribution in [1.29, 1.82) is 0 Å². The summed E-state index contributed by atoms with van der Waals surface area (Å²) in [5.41, 5.74) is -0.337. The van der Waals surface area contributed by atoms with Crippen molar-refractivity contribution >= 4 is 22.8 Å². The van der Waals surface area contributed by atoms with E-state index < -0.39 is 29.3 Å². The molecule has 1 aliphatic heterocycles. The molecule has 2 aromatic carbocycles. The number of hydrogen-bond donors (Lipinski definition) is 0. The smallest absolute Gasteiger partial charge is 0.286 e. The highest BCUT2D eigenvalue weighted by Gasteiger charge is 2.30. The first kappa shape index (κ1) is 19.3. The van der Waals surface area contributed by atoms with Crippen molar-refractivity contribution in [2.75, 3.05) is 13.1 Å². The van der Waals surface area contributed by atoms with Crippen LogP contribution in [0.4, 0.5) is 22.0 Å². The largest absolute Gasteiger partial charge is 0.416 e. The standard InChI is InChI=1S/C18H13F5N2OS/c19-14-5-4-12(9-15(14)20)16(26)25-7-6-24-17(25)27-10-11-2-1-3-13(8-11)18(21,22)23/h1-5,8-9H,6-7,10H2. The van der Waals surface area contributed by atoms with Gasteiger partial charge in [-0.1, -0.05) is 30.0 Å². The number of hydrogen-bond acceptors (Lipinski definition) is 3. The van der Waals surface area contributed by atoms with Crippen molar-refractivity contribution in [3.63, 3.8) is 0 Å². The molecular formula is C18H13F5N2OS. The molecule has 0 saturated carbocycles. The molecule has 0 aromatic heterocycles. The average molecular weight is 400 g/mol. The van der Waals surface area contributed by atoms with Crippen LogP contribution in [0.1, 0.15) is 21.5 Å². The van der Waals surface area contributed by atoms with Gasteiger partial charge in [0.05, 0.1) is 12.1 Å². The molecule has 3 rings (SSSR count). The van der Waals surface area contributed by atoms with E-state index in [-0.39, 0.29) is 17.9 Å². The minimum Gasteiger partial charge on any atom is -0.286 e. The topological polar surface area (TPSA) is 32.7 Å². The van der Waals surface area contributed by atoms with Crippen LogP contribution in [0.15, 0.2) is 47.5 Å². The van der Waals surface area contributed by atoms with Crippen molar-refractivity contribution in [2.45, 2.75) is 11.9 Å². The predicted octanol–water partition coefficient (Wildman–Crippen LogP) is 4.73. The first-order chi connectivity index (χ1) is 12.8. The summed E-state index contributed by atoms with van der Waals surface area (Å²) in [5.74, 6) is -2.54. The number of thioether (sulfide) groups is 1. The maximum absolute atomic E-state index is 13.4. The Hall–Kier alpha value is -2.42. The van der Waals surface area contributed by atoms with Gasteiger partial charge in [-0.25, -0.2) is 8.78 Å². The van der Waals surface area contributed by atoms with Gasteiger partial charge in [-0.05, 0) is 29.8 Å². The summed E-state index contributed by atoms with van der Waals surface area (Å²) in [4.78, 5) is 18.0. The highest BCUT2D eigenvalue weighted by atomic mass is 32.2. The van der Waals surface area contributed by atoms with Gasteiger partial charge in [0.2, 0.25) is 0 Å². The van der Waals surface area contributed by atoms with E-state index in [0.717, 1.165) is 36.0 Å². The Kier molecular flexibility index (Phi) is 5.50. The van der Waals surface area contributed by atoms with Gasteiger partial charge in [0.1, 0.15) is 0 Å². The second-order valence-corrected chi connectivity index (χ2v) is 6.68. The fourth-order valence-corrected chi connectivity index (χ4v) is 3.50. The number of aliphatic imine (C=N–C) groups is 1. The summed E-state index contributed by atoms with van der Waals surface area (Å²) >= 11 is 1.11. The third-order valence-corrected chi connectivity index (χ3v) is 4.92. The van der Waals surface area contributed by atoms with Gasteiger partial charge in [-0.2, -0.15) is 13.2 Å². The van der Waals surface area contributed by atoms with E-state index in [0.29, 0.717) is 17.3 Å². The van der Waals surface area contributed by atoms with Crippen LogP contribution in [0.5, 0.6) is 0 Å². The van der Waals surface area contributed by atoms with Crippen LogP contribution in [-0.2, 0) is 11.9 Å². The van der Waals surface area contributed by atoms with Crippen molar-refractivity contribution in [3.05, 3.63) is 70.8 Å². The molecule has 0 saturated heterocycles. The molecular weight excluding hydrogens is 387 g/mol. The van der Waals surface area contributed by atoms with E-state index in [4.69, 9.17) is 0 Å². The molecule has 9 heteroatoms. The Labute approximate surface area is 155 Å². The van der Waals surface area contributed by atoms with Crippen LogP contribution in [0.25, 0.3) is 0 Å². The number of amidine groups is 1. The third kappa shape index (κ3) is 4.47. The number of rotatable bonds is 3. The molecule has 0 radical (unpaired) electrons. The molecule has 1 amide bonds. The molecule has 0 aliphatic carbocycles. The Morgan fingerprint density at radius 3 is 2.59 bits per heavy atom. The van der Waals surface area contributed by atoms with Gasteiger partial charge in [0.15, 0.2) is 16.8 Å². The lowest BCUT2D eigenvalue weighted by molar-refractivity contribution is -0.137. The molecule has 27 heavy (non-hydrogen) atoms. The Morgan fingerprint density at radius 1 is 1.11 bits per heavy atom. The highest BCUT2D eigenvalue weighted by molar-refractivity contribution is 8.13. The Morgan fingerprint density at radius 2 is 1.89 bits per heavy atom. The molecule has 0 spiro atoms. The zero-order valence-electron chi connectivity index (χ0n) is 13.8. The summed E-state index contributed by atoms with van der Waals surface area (Å²) in [5, 5.41) is 0.335. The predicted molar refractivity (Wildman–Crippen MR) is 92.4 cm³/mol. The zero-order valence-corrected chi connectivity index (χ0v) is 14.6. The van der Waals surface area contributed by atoms with Gasteiger partial charge in [0, 0.05) is 17.9 Å². The molecule has 3 nitrogen and oxygen atoms in total. The molecule has 1 heterocycles. The maximum atomic E-state index is 13.4. The minimum absolute atomic E-state index is 0.0248. The van der Waals surface area contributed by atoms with E-state index in [1.54, 1.807) is 6.07 Å². The summed E-state index contributed by atoms with van der Waals surface area (Å²) in [6, 6.07) is 7.76. The van der Waals surface area contributed by atoms with Gasteiger partial charge >= 0.3 is 6.18 Å². The molecule has 2 aromatic rings. The summed E-state index contributed by atoms with van der Waals surface area (Å²) in [6.45, 7) is 0.600. The van der Waals surface area contributed by atoms with Crippen molar-refractivity contribution in [1.82, 2.24) is 4.90 Å². The number of benzene rings is 2. The minimum atomic E-state index is -4.43. The van der Waals surface area contributed by atoms with Crippen LogP contribution in [0.2, 0.25) is 0 Å². The van der Waals surface area contributed by atoms with E-state index >= 15 is 0 Å². The number of halogens is 5. The van der Waals surface area contributed by atoms with Crippen LogP contribution in [0, 0.1) is 11.6 Å². The molecule has 0 fully saturated rings. The number of alkyl halides is 3. The number of amides is 1. The van der Waals surface area contributed by atoms with Crippen molar-refractivity contribution in [3.8, 4) is 0 Å². The SMILES string of the molecule is O=C(c1ccc(F)c(F)c1)N1CCN=C1SCc1cccc(C(F)(F)F)c1. The van der Waals surface area contributed by atoms with Gasteiger partial charge in [-0.3, -0.25) is 14.7 Å². The molecule has 0 atom stereocenters. The monoisotopic (exact) mass is 400 g/mol. The van der Waals surface area contributed by atoms with Crippen LogP contribution in [-0.4, -0.2) is 29.1 Å². The first-order valence-electron chi connectivity index (χ1n) is 7.86. The Bertz CT molecular complexity index is 898. The lowest BCUT2D eigenvalue weighted by Crippen LogP contribution is -2.33. The molecule has 1 aliphatic rings. The second kappa shape index (κ2) is 7.67. The highest BCUT2D eigenvalue weighted by Crippen LogP contribution is 2.31. The van der Waals surface area contributed by atoms with Crippen LogP contribution < -0.4 is 0 Å². The molecule has 142 valence electrons. The number of carbonyl (C=O) groups excluding carboxylic acids is 1. The molecule has 0 unspecified atom stereocenters. The average Bonchev–Trinajstić information content (AvgIpc) is 3.10. The van der Waals surface area contributed by atoms with E-state index in [1.165, 1.54) is 17.0 Å². The lowest BCUT2D eigenvalue weighted by Gasteiger charge is -2.18. The Balaban J connectivity index is 1.70. The maximum Gasteiger partial charge on any atom is 0.416 e. The van der Waals surface area contributed by atoms with E-state index in [2.05, 4.69) is 4.99 Å². The molecule has 0 bridgehead atoms. The fourth-order valence-electron chi connectivity index (χ4n) is 2.51. The number of nitrogens with zero attached hydrogens (tertiary/aromatic N) is 2. The van der Waals surface area contributed by atoms with Gasteiger partial charge in [0.25, 0.3) is 5.91 Å². The lowest BCUT2D eigenvalue weighted by atomic mass is 10.1. The normalized spacial score (nSPS) is 14.4. The van der Waals surface area contributed by atoms with Crippen molar-refractivity contribution < 1.29 is 26.7 Å². The van der Waals surface area contributed by atoms with E-state index in [1.807, 2.05) is 0 Å². The number of carbonyl (C=O) groups is 1. The van der Waals surface area contributed by atoms with Crippen molar-refractivity contribution in [2.24, 2.45) is 4.99 Å². The fraction of sp³-hybridized carbons (Fsp3) is 0.222. The van der Waals surface area contributed by atoms with Gasteiger partial charge < -0.3 is 0 Å². The summed E-state index contributed by atoms with van der Waals surface area (Å²) < 4.78 is 64.7. The second-order valence-electron chi connectivity index (χ2n) is 5.74. The van der Waals surface area contributed by atoms with Crippen LogP contribution >= 0.6 is 11.8 Å². The third-order valence-electron chi connectivity index (χ3n) is 3.84. The first-order valence-corrected chi connectivity index (χ1v) is 8.84. The van der Waals surface area contributed by atoms with E-state index in [9.17, 15) is 26.7 Å². The quantitative estimate of drug-likeness (QED) is 0.698. The zero-order chi connectivity index (χ0) is 19.6. The van der Waals surface area contributed by atoms with Gasteiger partial charge in [-0.15, -0.1) is 0 Å². The summed E-state index contributed by atoms with van der Waals surface area (Å²) in [7, 11) is 0. The van der Waals surface area contributed by atoms with Crippen LogP contribution in [0.3, 0.4) is 0 Å².